The SMILES string of the molecule is CNC(=O)COc1cc2cc(Nc3nc(N4CCC(OC5CCC5)CC4)ncc3Cl)ccc2n(C(C)C)c1=O.O=C1CCC(N2Cc3cc(C4CCNCC4(F)F)ccc3C2=O)C(=O)N1. The quantitative estimate of drug-likeness (QED) is 0.137. The molecule has 2 aromatic carbocycles. The molecule has 2 unspecified atom stereocenters. The van der Waals surface area contributed by atoms with Gasteiger partial charge in [0, 0.05) is 55.8 Å². The highest BCUT2D eigenvalue weighted by molar-refractivity contribution is 6.33. The monoisotopic (exact) mass is 917 g/mol. The van der Waals surface area contributed by atoms with Crippen LogP contribution in [0.1, 0.15) is 98.7 Å². The standard InChI is InChI=1S/C28H35ClN6O4.C18H19F2N3O3/c1-17(2)35-23-8-7-19(13-18(23)14-24(27(35)37)38-16-25(36)30-3)32-26-22(29)15-31-28(33-26)34-11-9-21(10-12-34)39-20-5-4-6-20;19-18(20)9-21-6-5-13(18)10-1-2-12-11(7-10)8-23(17(12)26)14-3-4-15(24)22-16(14)25/h7-8,13-15,17,20-21H,4-6,9-12,16H2,1-3H3,(H,30,36)(H,31,32,33);1-2,7,13-14,21H,3-6,8-9H2,(H,22,24,25). The molecular weight excluding hydrogens is 864 g/mol. The Hall–Kier alpha value is -5.72. The average Bonchev–Trinajstić information content (AvgIpc) is 3.59. The number of carbonyl (C=O) groups excluding carboxylic acids is 4. The number of rotatable bonds is 11. The topological polar surface area (TPSA) is 189 Å². The number of anilines is 3. The number of halogens is 3. The predicted octanol–water partition coefficient (Wildman–Crippen LogP) is 5.59. The maximum absolute atomic E-state index is 14.2. The van der Waals surface area contributed by atoms with E-state index in [0.717, 1.165) is 42.5 Å². The van der Waals surface area contributed by atoms with E-state index in [0.29, 0.717) is 58.7 Å². The number of nitrogens with one attached hydrogen (secondary N) is 4. The molecule has 1 aliphatic carbocycles. The molecule has 3 saturated heterocycles. The number of nitrogens with zero attached hydrogens (tertiary/aromatic N) is 5. The number of benzene rings is 2. The number of imide groups is 1. The first kappa shape index (κ1) is 45.8. The third-order valence-electron chi connectivity index (χ3n) is 12.7. The van der Waals surface area contributed by atoms with Gasteiger partial charge in [-0.2, -0.15) is 4.98 Å². The fraction of sp³-hybridized carbons (Fsp3) is 0.500. The van der Waals surface area contributed by atoms with Crippen molar-refractivity contribution in [3.8, 4) is 5.75 Å². The highest BCUT2D eigenvalue weighted by atomic mass is 35.5. The van der Waals surface area contributed by atoms with Crippen LogP contribution in [-0.2, 0) is 25.7 Å². The fourth-order valence-electron chi connectivity index (χ4n) is 8.99. The summed E-state index contributed by atoms with van der Waals surface area (Å²) in [5.41, 5.74) is 2.84. The Labute approximate surface area is 379 Å². The summed E-state index contributed by atoms with van der Waals surface area (Å²) in [6.07, 6.45) is 8.72. The lowest BCUT2D eigenvalue weighted by Crippen LogP contribution is -2.52. The number of amides is 4. The number of piperidine rings is 3. The Kier molecular flexibility index (Phi) is 13.7. The molecule has 0 radical (unpaired) electrons. The van der Waals surface area contributed by atoms with Gasteiger partial charge in [0.15, 0.2) is 18.2 Å². The highest BCUT2D eigenvalue weighted by Gasteiger charge is 2.44. The van der Waals surface area contributed by atoms with Crippen molar-refractivity contribution in [2.75, 3.05) is 50.1 Å². The van der Waals surface area contributed by atoms with Crippen LogP contribution in [0.4, 0.5) is 26.2 Å². The average molecular weight is 918 g/mol. The lowest BCUT2D eigenvalue weighted by atomic mass is 9.86. The number of hydrogen-bond donors (Lipinski definition) is 4. The van der Waals surface area contributed by atoms with E-state index < -0.39 is 23.8 Å². The van der Waals surface area contributed by atoms with Gasteiger partial charge in [0.1, 0.15) is 11.1 Å². The van der Waals surface area contributed by atoms with Crippen LogP contribution in [-0.4, -0.2) is 107 Å². The summed E-state index contributed by atoms with van der Waals surface area (Å²) in [6, 6.07) is 11.4. The minimum Gasteiger partial charge on any atom is -0.478 e. The molecule has 4 aliphatic heterocycles. The van der Waals surface area contributed by atoms with Gasteiger partial charge >= 0.3 is 0 Å². The first-order chi connectivity index (χ1) is 31.2. The summed E-state index contributed by atoms with van der Waals surface area (Å²) in [7, 11) is 1.52. The van der Waals surface area contributed by atoms with Crippen LogP contribution in [0.15, 0.2) is 53.5 Å². The Morgan fingerprint density at radius 3 is 2.46 bits per heavy atom. The molecule has 65 heavy (non-hydrogen) atoms. The number of fused-ring (bicyclic) bond motifs is 2. The molecule has 4 amide bonds. The second-order valence-electron chi connectivity index (χ2n) is 17.5. The zero-order valence-electron chi connectivity index (χ0n) is 36.6. The van der Waals surface area contributed by atoms with Crippen LogP contribution in [0.2, 0.25) is 5.02 Å². The van der Waals surface area contributed by atoms with Gasteiger partial charge in [-0.15, -0.1) is 0 Å². The number of likely N-dealkylation sites (N-methyl/N-ethyl adjacent to an activating group) is 1. The second kappa shape index (κ2) is 19.4. The van der Waals surface area contributed by atoms with E-state index in [1.54, 1.807) is 35.0 Å². The molecule has 4 fully saturated rings. The van der Waals surface area contributed by atoms with Crippen molar-refractivity contribution in [3.05, 3.63) is 80.7 Å². The molecule has 2 atom stereocenters. The number of carbonyl (C=O) groups is 4. The van der Waals surface area contributed by atoms with Gasteiger partial charge in [0.25, 0.3) is 23.3 Å². The summed E-state index contributed by atoms with van der Waals surface area (Å²) < 4.78 is 41.8. The Morgan fingerprint density at radius 2 is 1.77 bits per heavy atom. The number of hydrogen-bond acceptors (Lipinski definition) is 12. The molecule has 9 rings (SSSR count). The van der Waals surface area contributed by atoms with Crippen LogP contribution < -0.4 is 36.5 Å². The summed E-state index contributed by atoms with van der Waals surface area (Å²) in [5.74, 6) is -3.90. The minimum atomic E-state index is -2.83. The molecule has 0 spiro atoms. The number of ether oxygens (including phenoxy) is 2. The molecule has 4 aromatic rings. The van der Waals surface area contributed by atoms with Crippen molar-refractivity contribution < 1.29 is 37.4 Å². The van der Waals surface area contributed by atoms with Gasteiger partial charge < -0.3 is 39.8 Å². The third-order valence-corrected chi connectivity index (χ3v) is 13.0. The summed E-state index contributed by atoms with van der Waals surface area (Å²) in [4.78, 5) is 73.6. The predicted molar refractivity (Wildman–Crippen MR) is 240 cm³/mol. The molecule has 2 aromatic heterocycles. The highest BCUT2D eigenvalue weighted by Crippen LogP contribution is 2.40. The van der Waals surface area contributed by atoms with Gasteiger partial charge in [-0.25, -0.2) is 13.8 Å². The zero-order chi connectivity index (χ0) is 46.0. The van der Waals surface area contributed by atoms with Crippen molar-refractivity contribution in [1.82, 2.24) is 35.4 Å². The molecule has 6 heterocycles. The summed E-state index contributed by atoms with van der Waals surface area (Å²) >= 11 is 6.47. The van der Waals surface area contributed by atoms with Crippen molar-refractivity contribution in [1.29, 1.82) is 0 Å². The van der Waals surface area contributed by atoms with E-state index >= 15 is 0 Å². The van der Waals surface area contributed by atoms with E-state index in [4.69, 9.17) is 26.1 Å². The normalized spacial score (nSPS) is 21.1. The van der Waals surface area contributed by atoms with E-state index in [1.807, 2.05) is 32.0 Å². The molecule has 1 saturated carbocycles. The first-order valence-corrected chi connectivity index (χ1v) is 22.7. The van der Waals surface area contributed by atoms with Gasteiger partial charge in [-0.1, -0.05) is 23.7 Å². The van der Waals surface area contributed by atoms with Gasteiger partial charge in [-0.3, -0.25) is 29.3 Å². The maximum atomic E-state index is 14.2. The fourth-order valence-corrected chi connectivity index (χ4v) is 9.13. The van der Waals surface area contributed by atoms with E-state index in [9.17, 15) is 32.8 Å². The van der Waals surface area contributed by atoms with Crippen LogP contribution in [0.3, 0.4) is 0 Å². The first-order valence-electron chi connectivity index (χ1n) is 22.3. The lowest BCUT2D eigenvalue weighted by molar-refractivity contribution is -0.137. The summed E-state index contributed by atoms with van der Waals surface area (Å²) in [6.45, 7) is 5.66. The zero-order valence-corrected chi connectivity index (χ0v) is 37.4. The smallest absolute Gasteiger partial charge is 0.293 e. The molecule has 19 heteroatoms. The van der Waals surface area contributed by atoms with Crippen molar-refractivity contribution in [3.63, 3.8) is 0 Å². The van der Waals surface area contributed by atoms with Crippen LogP contribution >= 0.6 is 11.6 Å². The van der Waals surface area contributed by atoms with Gasteiger partial charge in [-0.05, 0) is 107 Å². The molecular formula is C46H54ClF2N9O7. The third kappa shape index (κ3) is 10.1. The number of pyridine rings is 1. The van der Waals surface area contributed by atoms with Crippen molar-refractivity contribution >= 4 is 63.6 Å². The van der Waals surface area contributed by atoms with Crippen LogP contribution in [0.25, 0.3) is 10.9 Å². The van der Waals surface area contributed by atoms with Gasteiger partial charge in [0.05, 0.1) is 36.4 Å². The van der Waals surface area contributed by atoms with Crippen LogP contribution in [0.5, 0.6) is 5.75 Å². The molecule has 5 aliphatic rings. The minimum absolute atomic E-state index is 0.107. The Bertz CT molecular complexity index is 2530. The van der Waals surface area contributed by atoms with E-state index in [1.165, 1.54) is 31.2 Å². The van der Waals surface area contributed by atoms with Crippen LogP contribution in [0, 0.1) is 0 Å². The summed E-state index contributed by atoms with van der Waals surface area (Å²) in [5, 5.41) is 11.9. The van der Waals surface area contributed by atoms with Crippen molar-refractivity contribution in [2.45, 2.75) is 108 Å². The lowest BCUT2D eigenvalue weighted by Gasteiger charge is -2.36. The Balaban J connectivity index is 0.000000192. The largest absolute Gasteiger partial charge is 0.478 e. The maximum Gasteiger partial charge on any atom is 0.293 e. The van der Waals surface area contributed by atoms with E-state index in [2.05, 4.69) is 31.2 Å². The molecule has 16 nitrogen and oxygen atoms in total. The number of alkyl halides is 2. The molecule has 4 N–H and O–H groups in total. The molecule has 0 bridgehead atoms. The second-order valence-corrected chi connectivity index (χ2v) is 17.9. The van der Waals surface area contributed by atoms with E-state index in [-0.39, 0.29) is 67.6 Å². The van der Waals surface area contributed by atoms with Gasteiger partial charge in [0.2, 0.25) is 17.8 Å². The van der Waals surface area contributed by atoms with Crippen molar-refractivity contribution in [2.24, 2.45) is 0 Å². The number of aromatic nitrogens is 3. The Morgan fingerprint density at radius 1 is 1.00 bits per heavy atom. The molecule has 346 valence electrons.